The van der Waals surface area contributed by atoms with Crippen LogP contribution in [0.3, 0.4) is 0 Å². The number of hydrogen-bond donors (Lipinski definition) is 1. The number of thioether (sulfide) groups is 1. The Balaban J connectivity index is 2.59. The summed E-state index contributed by atoms with van der Waals surface area (Å²) in [6.07, 6.45) is 1.86. The van der Waals surface area contributed by atoms with Gasteiger partial charge in [-0.15, -0.1) is 0 Å². The first kappa shape index (κ1) is 13.5. The zero-order chi connectivity index (χ0) is 12.1. The Labute approximate surface area is 102 Å². The van der Waals surface area contributed by atoms with Crippen LogP contribution in [0.15, 0.2) is 6.20 Å². The third kappa shape index (κ3) is 4.10. The van der Waals surface area contributed by atoms with E-state index in [1.807, 2.05) is 31.8 Å². The first-order valence-electron chi connectivity index (χ1n) is 5.66. The predicted molar refractivity (Wildman–Crippen MR) is 70.4 cm³/mol. The Bertz CT molecular complexity index is 337. The molecular weight excluding hydrogens is 218 g/mol. The molecule has 0 aliphatic carbocycles. The highest BCUT2D eigenvalue weighted by molar-refractivity contribution is 7.98. The molecule has 1 unspecified atom stereocenters. The average molecular weight is 239 g/mol. The molecule has 90 valence electrons. The molecule has 1 aromatic rings. The van der Waals surface area contributed by atoms with Crippen molar-refractivity contribution in [2.24, 2.45) is 11.7 Å². The van der Waals surface area contributed by atoms with Gasteiger partial charge in [0.1, 0.15) is 5.82 Å². The maximum absolute atomic E-state index is 5.82. The minimum atomic E-state index is 0.0115. The zero-order valence-corrected chi connectivity index (χ0v) is 11.3. The number of aromatic nitrogens is 2. The lowest BCUT2D eigenvalue weighted by atomic mass is 10.1. The van der Waals surface area contributed by atoms with Gasteiger partial charge in [-0.1, -0.05) is 13.8 Å². The van der Waals surface area contributed by atoms with Crippen molar-refractivity contribution < 1.29 is 0 Å². The van der Waals surface area contributed by atoms with Gasteiger partial charge in [0.2, 0.25) is 0 Å². The molecule has 0 spiro atoms. The van der Waals surface area contributed by atoms with E-state index in [9.17, 15) is 0 Å². The molecule has 0 fully saturated rings. The quantitative estimate of drug-likeness (QED) is 0.858. The largest absolute Gasteiger partial charge is 0.324 e. The molecule has 3 nitrogen and oxygen atoms in total. The second-order valence-electron chi connectivity index (χ2n) is 4.52. The highest BCUT2D eigenvalue weighted by Crippen LogP contribution is 2.16. The Kier molecular flexibility index (Phi) is 5.22. The van der Waals surface area contributed by atoms with Gasteiger partial charge in [0.05, 0.1) is 5.75 Å². The summed E-state index contributed by atoms with van der Waals surface area (Å²) >= 11 is 1.88. The summed E-state index contributed by atoms with van der Waals surface area (Å²) in [7, 11) is 0. The van der Waals surface area contributed by atoms with Gasteiger partial charge >= 0.3 is 0 Å². The Morgan fingerprint density at radius 3 is 2.56 bits per heavy atom. The van der Waals surface area contributed by atoms with Crippen LogP contribution < -0.4 is 5.73 Å². The lowest BCUT2D eigenvalue weighted by Gasteiger charge is -2.10. The van der Waals surface area contributed by atoms with E-state index in [-0.39, 0.29) is 6.04 Å². The summed E-state index contributed by atoms with van der Waals surface area (Å²) in [4.78, 5) is 8.82. The smallest absolute Gasteiger partial charge is 0.138 e. The summed E-state index contributed by atoms with van der Waals surface area (Å²) in [5, 5.41) is 0. The summed E-state index contributed by atoms with van der Waals surface area (Å²) < 4.78 is 0. The van der Waals surface area contributed by atoms with Gasteiger partial charge in [-0.2, -0.15) is 11.8 Å². The van der Waals surface area contributed by atoms with Crippen molar-refractivity contribution in [3.05, 3.63) is 23.3 Å². The van der Waals surface area contributed by atoms with Crippen LogP contribution in [-0.4, -0.2) is 15.7 Å². The fraction of sp³-hybridized carbons (Fsp3) is 0.667. The summed E-state index contributed by atoms with van der Waals surface area (Å²) in [6, 6.07) is 0.0115. The second kappa shape index (κ2) is 6.21. The first-order valence-corrected chi connectivity index (χ1v) is 6.82. The van der Waals surface area contributed by atoms with Crippen LogP contribution in [0.2, 0.25) is 0 Å². The summed E-state index contributed by atoms with van der Waals surface area (Å²) in [6.45, 7) is 8.40. The molecule has 0 aliphatic rings. The highest BCUT2D eigenvalue weighted by atomic mass is 32.2. The van der Waals surface area contributed by atoms with E-state index in [4.69, 9.17) is 5.73 Å². The number of rotatable bonds is 5. The van der Waals surface area contributed by atoms with Gasteiger partial charge < -0.3 is 5.73 Å². The van der Waals surface area contributed by atoms with Gasteiger partial charge in [-0.05, 0) is 25.5 Å². The molecule has 0 aliphatic heterocycles. The first-order chi connectivity index (χ1) is 7.50. The molecule has 2 N–H and O–H groups in total. The predicted octanol–water partition coefficient (Wildman–Crippen LogP) is 2.69. The lowest BCUT2D eigenvalue weighted by Crippen LogP contribution is -2.10. The van der Waals surface area contributed by atoms with Crippen LogP contribution in [-0.2, 0) is 5.75 Å². The van der Waals surface area contributed by atoms with Crippen molar-refractivity contribution in [3.63, 3.8) is 0 Å². The average Bonchev–Trinajstić information content (AvgIpc) is 2.16. The van der Waals surface area contributed by atoms with Crippen molar-refractivity contribution in [1.29, 1.82) is 0 Å². The molecule has 16 heavy (non-hydrogen) atoms. The fourth-order valence-electron chi connectivity index (χ4n) is 1.43. The Morgan fingerprint density at radius 2 is 2.06 bits per heavy atom. The van der Waals surface area contributed by atoms with Gasteiger partial charge in [-0.25, -0.2) is 9.97 Å². The normalized spacial score (nSPS) is 13.1. The van der Waals surface area contributed by atoms with Crippen LogP contribution >= 0.6 is 11.8 Å². The van der Waals surface area contributed by atoms with E-state index < -0.39 is 0 Å². The van der Waals surface area contributed by atoms with Crippen molar-refractivity contribution in [2.45, 2.75) is 39.5 Å². The van der Waals surface area contributed by atoms with Crippen LogP contribution in [0.25, 0.3) is 0 Å². The Morgan fingerprint density at radius 1 is 1.38 bits per heavy atom. The lowest BCUT2D eigenvalue weighted by molar-refractivity contribution is 0.749. The molecule has 0 aromatic carbocycles. The van der Waals surface area contributed by atoms with E-state index in [1.54, 1.807) is 0 Å². The van der Waals surface area contributed by atoms with Crippen LogP contribution in [0.5, 0.6) is 0 Å². The highest BCUT2D eigenvalue weighted by Gasteiger charge is 2.07. The van der Waals surface area contributed by atoms with Crippen molar-refractivity contribution in [1.82, 2.24) is 9.97 Å². The third-order valence-corrected chi connectivity index (χ3v) is 3.60. The van der Waals surface area contributed by atoms with E-state index >= 15 is 0 Å². The minimum absolute atomic E-state index is 0.0115. The van der Waals surface area contributed by atoms with E-state index in [1.165, 1.54) is 0 Å². The molecule has 0 saturated carbocycles. The topological polar surface area (TPSA) is 51.8 Å². The molecule has 0 bridgehead atoms. The zero-order valence-electron chi connectivity index (χ0n) is 10.5. The number of aryl methyl sites for hydroxylation is 1. The maximum atomic E-state index is 5.82. The van der Waals surface area contributed by atoms with Gasteiger partial charge in [-0.3, -0.25) is 0 Å². The molecule has 1 atom stereocenters. The standard InChI is InChI=1S/C12H21N3S/c1-8(2)6-16-7-12-14-5-11(9(3)13)10(4)15-12/h5,8-9H,6-7,13H2,1-4H3. The van der Waals surface area contributed by atoms with Gasteiger partial charge in [0, 0.05) is 23.5 Å². The molecule has 1 aromatic heterocycles. The Hall–Kier alpha value is -0.610. The van der Waals surface area contributed by atoms with E-state index in [0.717, 1.165) is 34.5 Å². The molecule has 0 amide bonds. The fourth-order valence-corrected chi connectivity index (χ4v) is 2.34. The van der Waals surface area contributed by atoms with Crippen molar-refractivity contribution in [2.75, 3.05) is 5.75 Å². The van der Waals surface area contributed by atoms with Crippen LogP contribution in [0, 0.1) is 12.8 Å². The number of nitrogens with zero attached hydrogens (tertiary/aromatic N) is 2. The molecule has 0 saturated heterocycles. The second-order valence-corrected chi connectivity index (χ2v) is 5.55. The molecule has 1 rings (SSSR count). The van der Waals surface area contributed by atoms with Crippen molar-refractivity contribution in [3.8, 4) is 0 Å². The van der Waals surface area contributed by atoms with Gasteiger partial charge in [0.25, 0.3) is 0 Å². The van der Waals surface area contributed by atoms with E-state index in [0.29, 0.717) is 0 Å². The summed E-state index contributed by atoms with van der Waals surface area (Å²) in [5.74, 6) is 3.66. The minimum Gasteiger partial charge on any atom is -0.324 e. The van der Waals surface area contributed by atoms with Crippen LogP contribution in [0.4, 0.5) is 0 Å². The molecular formula is C12H21N3S. The number of hydrogen-bond acceptors (Lipinski definition) is 4. The number of nitrogens with two attached hydrogens (primary N) is 1. The molecule has 1 heterocycles. The SMILES string of the molecule is Cc1nc(CSCC(C)C)ncc1C(C)N. The third-order valence-electron chi connectivity index (χ3n) is 2.24. The molecule has 0 radical (unpaired) electrons. The van der Waals surface area contributed by atoms with E-state index in [2.05, 4.69) is 23.8 Å². The maximum Gasteiger partial charge on any atom is 0.138 e. The monoisotopic (exact) mass is 239 g/mol. The van der Waals surface area contributed by atoms with Crippen molar-refractivity contribution >= 4 is 11.8 Å². The van der Waals surface area contributed by atoms with Crippen LogP contribution in [0.1, 0.15) is 43.9 Å². The van der Waals surface area contributed by atoms with Gasteiger partial charge in [0.15, 0.2) is 0 Å². The molecule has 4 heteroatoms. The summed E-state index contributed by atoms with van der Waals surface area (Å²) in [5.41, 5.74) is 7.86.